The van der Waals surface area contributed by atoms with Gasteiger partial charge in [0.15, 0.2) is 6.61 Å². The highest BCUT2D eigenvalue weighted by Gasteiger charge is 2.34. The normalized spacial score (nSPS) is 15.6. The van der Waals surface area contributed by atoms with Gasteiger partial charge in [-0.15, -0.1) is 11.3 Å². The number of nitrogens with two attached hydrogens (primary N) is 1. The summed E-state index contributed by atoms with van der Waals surface area (Å²) >= 11 is 1.41. The van der Waals surface area contributed by atoms with Crippen molar-refractivity contribution in [1.82, 2.24) is 0 Å². The van der Waals surface area contributed by atoms with Crippen molar-refractivity contribution in [2.75, 3.05) is 24.3 Å². The van der Waals surface area contributed by atoms with Crippen LogP contribution in [-0.2, 0) is 27.1 Å². The van der Waals surface area contributed by atoms with Crippen LogP contribution < -0.4 is 11.1 Å². The van der Waals surface area contributed by atoms with Gasteiger partial charge in [0, 0.05) is 10.6 Å². The van der Waals surface area contributed by atoms with E-state index in [4.69, 9.17) is 15.2 Å². The number of anilines is 2. The Bertz CT molecular complexity index is 1020. The molecule has 0 saturated carbocycles. The van der Waals surface area contributed by atoms with E-state index in [1.165, 1.54) is 17.4 Å². The van der Waals surface area contributed by atoms with Crippen LogP contribution in [0.2, 0.25) is 0 Å². The molecule has 7 nitrogen and oxygen atoms in total. The lowest BCUT2D eigenvalue weighted by atomic mass is 9.72. The van der Waals surface area contributed by atoms with Crippen molar-refractivity contribution < 1.29 is 23.9 Å². The Balaban J connectivity index is 1.75. The first-order valence-electron chi connectivity index (χ1n) is 10.7. The van der Waals surface area contributed by atoms with Crippen molar-refractivity contribution in [2.45, 2.75) is 47.0 Å². The zero-order chi connectivity index (χ0) is 23.5. The van der Waals surface area contributed by atoms with Crippen LogP contribution >= 0.6 is 11.3 Å². The van der Waals surface area contributed by atoms with Gasteiger partial charge in [-0.25, -0.2) is 9.59 Å². The third kappa shape index (κ3) is 5.48. The Kier molecular flexibility index (Phi) is 7.23. The SMILES string of the molecule is CCOC(=O)c1c(NC(=O)COC(=O)c2cccc(N)c2)sc2c1CCC(C(C)(C)C)C2. The summed E-state index contributed by atoms with van der Waals surface area (Å²) in [5.74, 6) is -1.10. The largest absolute Gasteiger partial charge is 0.462 e. The van der Waals surface area contributed by atoms with Gasteiger partial charge in [0.25, 0.3) is 5.91 Å². The number of rotatable bonds is 6. The molecule has 3 N–H and O–H groups in total. The summed E-state index contributed by atoms with van der Waals surface area (Å²) in [7, 11) is 0. The zero-order valence-electron chi connectivity index (χ0n) is 18.9. The lowest BCUT2D eigenvalue weighted by molar-refractivity contribution is -0.119. The van der Waals surface area contributed by atoms with Crippen LogP contribution in [0.15, 0.2) is 24.3 Å². The second kappa shape index (κ2) is 9.73. The van der Waals surface area contributed by atoms with E-state index in [1.807, 2.05) is 0 Å². The molecule has 1 aliphatic rings. The maximum atomic E-state index is 12.7. The number of esters is 2. The number of ether oxygens (including phenoxy) is 2. The van der Waals surface area contributed by atoms with Gasteiger partial charge >= 0.3 is 11.9 Å². The van der Waals surface area contributed by atoms with Gasteiger partial charge in [-0.05, 0) is 61.3 Å². The minimum atomic E-state index is -0.642. The van der Waals surface area contributed by atoms with Crippen LogP contribution in [0, 0.1) is 11.3 Å². The fourth-order valence-electron chi connectivity index (χ4n) is 3.88. The van der Waals surface area contributed by atoms with Crippen LogP contribution in [0.3, 0.4) is 0 Å². The molecule has 0 radical (unpaired) electrons. The number of carbonyl (C=O) groups is 3. The molecule has 0 bridgehead atoms. The molecule has 0 aliphatic heterocycles. The van der Waals surface area contributed by atoms with E-state index in [-0.39, 0.29) is 17.6 Å². The molecule has 1 aliphatic carbocycles. The van der Waals surface area contributed by atoms with Gasteiger partial charge in [0.2, 0.25) is 0 Å². The standard InChI is InChI=1S/C24H30N2O5S/c1-5-30-23(29)20-17-10-9-15(24(2,3)4)12-18(17)32-21(20)26-19(27)13-31-22(28)14-7-6-8-16(25)11-14/h6-8,11,15H,5,9-10,12-13,25H2,1-4H3,(H,26,27). The van der Waals surface area contributed by atoms with Crippen molar-refractivity contribution in [2.24, 2.45) is 11.3 Å². The molecule has 1 amide bonds. The van der Waals surface area contributed by atoms with Gasteiger partial charge < -0.3 is 20.5 Å². The number of hydrogen-bond donors (Lipinski definition) is 2. The van der Waals surface area contributed by atoms with Crippen LogP contribution in [0.5, 0.6) is 0 Å². The average molecular weight is 459 g/mol. The molecule has 1 heterocycles. The molecule has 2 aromatic rings. The third-order valence-corrected chi connectivity index (χ3v) is 6.85. The van der Waals surface area contributed by atoms with E-state index in [0.717, 1.165) is 29.7 Å². The summed E-state index contributed by atoms with van der Waals surface area (Å²) in [4.78, 5) is 38.5. The summed E-state index contributed by atoms with van der Waals surface area (Å²) in [5.41, 5.74) is 7.92. The highest BCUT2D eigenvalue weighted by Crippen LogP contribution is 2.44. The molecule has 172 valence electrons. The van der Waals surface area contributed by atoms with Gasteiger partial charge in [-0.3, -0.25) is 4.79 Å². The number of thiophene rings is 1. The fourth-order valence-corrected chi connectivity index (χ4v) is 5.21. The second-order valence-corrected chi connectivity index (χ2v) is 10.1. The summed E-state index contributed by atoms with van der Waals surface area (Å²) < 4.78 is 10.4. The summed E-state index contributed by atoms with van der Waals surface area (Å²) in [6, 6.07) is 6.34. The first kappa shape index (κ1) is 23.8. The van der Waals surface area contributed by atoms with E-state index in [2.05, 4.69) is 26.1 Å². The van der Waals surface area contributed by atoms with Crippen molar-refractivity contribution in [3.05, 3.63) is 45.8 Å². The number of fused-ring (bicyclic) bond motifs is 1. The smallest absolute Gasteiger partial charge is 0.341 e. The minimum absolute atomic E-state index is 0.157. The Hall–Kier alpha value is -2.87. The summed E-state index contributed by atoms with van der Waals surface area (Å²) in [6.45, 7) is 8.20. The van der Waals surface area contributed by atoms with E-state index >= 15 is 0 Å². The predicted octanol–water partition coefficient (Wildman–Crippen LogP) is 4.45. The highest BCUT2D eigenvalue weighted by atomic mass is 32.1. The number of carbonyl (C=O) groups excluding carboxylic acids is 3. The Morgan fingerprint density at radius 3 is 2.59 bits per heavy atom. The summed E-state index contributed by atoms with van der Waals surface area (Å²) in [5, 5.41) is 3.21. The predicted molar refractivity (Wildman–Crippen MR) is 125 cm³/mol. The molecule has 1 aromatic heterocycles. The van der Waals surface area contributed by atoms with Crippen molar-refractivity contribution in [3.8, 4) is 0 Å². The third-order valence-electron chi connectivity index (χ3n) is 5.68. The van der Waals surface area contributed by atoms with Crippen molar-refractivity contribution in [1.29, 1.82) is 0 Å². The molecular weight excluding hydrogens is 428 g/mol. The van der Waals surface area contributed by atoms with Crippen molar-refractivity contribution in [3.63, 3.8) is 0 Å². The van der Waals surface area contributed by atoms with Gasteiger partial charge in [0.1, 0.15) is 5.00 Å². The van der Waals surface area contributed by atoms with E-state index in [1.54, 1.807) is 25.1 Å². The molecule has 0 spiro atoms. The Labute approximate surface area is 192 Å². The fraction of sp³-hybridized carbons (Fsp3) is 0.458. The lowest BCUT2D eigenvalue weighted by Crippen LogP contribution is -2.26. The quantitative estimate of drug-likeness (QED) is 0.489. The zero-order valence-corrected chi connectivity index (χ0v) is 19.8. The highest BCUT2D eigenvalue weighted by molar-refractivity contribution is 7.17. The van der Waals surface area contributed by atoms with Gasteiger partial charge in [-0.1, -0.05) is 26.8 Å². The Morgan fingerprint density at radius 2 is 1.94 bits per heavy atom. The average Bonchev–Trinajstić information content (AvgIpc) is 3.08. The molecule has 8 heteroatoms. The van der Waals surface area contributed by atoms with Gasteiger partial charge in [-0.2, -0.15) is 0 Å². The number of benzene rings is 1. The van der Waals surface area contributed by atoms with Crippen molar-refractivity contribution >= 4 is 39.9 Å². The monoisotopic (exact) mass is 458 g/mol. The lowest BCUT2D eigenvalue weighted by Gasteiger charge is -2.33. The number of nitrogens with one attached hydrogen (secondary N) is 1. The number of hydrogen-bond acceptors (Lipinski definition) is 7. The van der Waals surface area contributed by atoms with Crippen LogP contribution in [-0.4, -0.2) is 31.1 Å². The first-order chi connectivity index (χ1) is 15.1. The van der Waals surface area contributed by atoms with Crippen LogP contribution in [0.25, 0.3) is 0 Å². The number of nitrogen functional groups attached to an aromatic ring is 1. The van der Waals surface area contributed by atoms with Crippen LogP contribution in [0.4, 0.5) is 10.7 Å². The molecule has 1 atom stereocenters. The molecule has 0 fully saturated rings. The summed E-state index contributed by atoms with van der Waals surface area (Å²) in [6.07, 6.45) is 2.60. The maximum absolute atomic E-state index is 12.7. The molecule has 1 unspecified atom stereocenters. The maximum Gasteiger partial charge on any atom is 0.341 e. The Morgan fingerprint density at radius 1 is 1.19 bits per heavy atom. The topological polar surface area (TPSA) is 108 Å². The first-order valence-corrected chi connectivity index (χ1v) is 11.6. The number of amides is 1. The van der Waals surface area contributed by atoms with E-state index in [9.17, 15) is 14.4 Å². The van der Waals surface area contributed by atoms with Gasteiger partial charge in [0.05, 0.1) is 17.7 Å². The minimum Gasteiger partial charge on any atom is -0.462 e. The van der Waals surface area contributed by atoms with E-state index in [0.29, 0.717) is 22.2 Å². The van der Waals surface area contributed by atoms with E-state index < -0.39 is 24.5 Å². The molecule has 1 aromatic carbocycles. The molecular formula is C24H30N2O5S. The van der Waals surface area contributed by atoms with Crippen LogP contribution in [0.1, 0.15) is 65.3 Å². The molecule has 32 heavy (non-hydrogen) atoms. The second-order valence-electron chi connectivity index (χ2n) is 8.98. The molecule has 0 saturated heterocycles. The molecule has 3 rings (SSSR count).